The molecule has 0 amide bonds. The van der Waals surface area contributed by atoms with Crippen molar-refractivity contribution in [1.29, 1.82) is 0 Å². The highest BCUT2D eigenvalue weighted by atomic mass is 32.2. The zero-order valence-electron chi connectivity index (χ0n) is 15.0. The van der Waals surface area contributed by atoms with E-state index in [9.17, 15) is 13.5 Å². The highest BCUT2D eigenvalue weighted by Gasteiger charge is 2.33. The molecule has 0 aromatic heterocycles. The fourth-order valence-electron chi connectivity index (χ4n) is 3.28. The molecule has 2 atom stereocenters. The maximum atomic E-state index is 12.8. The Morgan fingerprint density at radius 2 is 1.77 bits per heavy atom. The largest absolute Gasteiger partial charge is 0.388 e. The van der Waals surface area contributed by atoms with E-state index in [1.54, 1.807) is 24.3 Å². The van der Waals surface area contributed by atoms with E-state index >= 15 is 0 Å². The lowest BCUT2D eigenvalue weighted by Crippen LogP contribution is -2.41. The summed E-state index contributed by atoms with van der Waals surface area (Å²) in [6.45, 7) is 2.63. The summed E-state index contributed by atoms with van der Waals surface area (Å²) >= 11 is 0. The minimum Gasteiger partial charge on any atom is -0.388 e. The molecule has 5 nitrogen and oxygen atoms in total. The van der Waals surface area contributed by atoms with Gasteiger partial charge in [-0.25, -0.2) is 0 Å². The quantitative estimate of drug-likeness (QED) is 0.895. The summed E-state index contributed by atoms with van der Waals surface area (Å²) in [6, 6.07) is 16.0. The van der Waals surface area contributed by atoms with Gasteiger partial charge in [0.05, 0.1) is 11.0 Å². The number of likely N-dealkylation sites (tertiary alicyclic amines) is 1. The molecule has 2 aromatic carbocycles. The highest BCUT2D eigenvalue weighted by Crippen LogP contribution is 2.32. The molecule has 1 aliphatic heterocycles. The second-order valence-corrected chi connectivity index (χ2v) is 8.37. The van der Waals surface area contributed by atoms with Crippen LogP contribution in [0.25, 0.3) is 0 Å². The molecule has 3 rings (SSSR count). The summed E-state index contributed by atoms with van der Waals surface area (Å²) in [5.74, 6) is 0.0737. The molecule has 1 saturated heterocycles. The van der Waals surface area contributed by atoms with Crippen molar-refractivity contribution in [3.05, 3.63) is 65.7 Å². The first-order valence-electron chi connectivity index (χ1n) is 8.74. The topological polar surface area (TPSA) is 70.0 Å². The first-order valence-corrected chi connectivity index (χ1v) is 10.2. The number of rotatable bonds is 4. The van der Waals surface area contributed by atoms with Gasteiger partial charge >= 0.3 is 0 Å². The van der Waals surface area contributed by atoms with Crippen LogP contribution in [0.1, 0.15) is 30.1 Å². The Hall–Kier alpha value is -2.18. The fourth-order valence-corrected chi connectivity index (χ4v) is 4.39. The van der Waals surface area contributed by atoms with Crippen LogP contribution < -0.4 is 0 Å². The maximum Gasteiger partial charge on any atom is 0.283 e. The molecule has 0 spiro atoms. The summed E-state index contributed by atoms with van der Waals surface area (Å²) < 4.78 is 29.7. The number of hydrogen-bond donors (Lipinski definition) is 1. The lowest BCUT2D eigenvalue weighted by Gasteiger charge is -2.35. The van der Waals surface area contributed by atoms with Crippen molar-refractivity contribution < 1.29 is 13.5 Å². The zero-order valence-corrected chi connectivity index (χ0v) is 15.9. The number of aliphatic hydroxyl groups is 1. The van der Waals surface area contributed by atoms with Crippen molar-refractivity contribution in [3.63, 3.8) is 0 Å². The molecule has 0 aliphatic carbocycles. The van der Waals surface area contributed by atoms with Gasteiger partial charge in [-0.15, -0.1) is 4.40 Å². The van der Waals surface area contributed by atoms with Gasteiger partial charge in [-0.05, 0) is 37.5 Å². The van der Waals surface area contributed by atoms with Crippen LogP contribution in [0, 0.1) is 12.8 Å². The van der Waals surface area contributed by atoms with Gasteiger partial charge in [0, 0.05) is 19.5 Å². The number of amidine groups is 1. The molecule has 0 bridgehead atoms. The normalized spacial score (nSPS) is 21.0. The Kier molecular flexibility index (Phi) is 5.44. The smallest absolute Gasteiger partial charge is 0.283 e. The predicted molar refractivity (Wildman–Crippen MR) is 103 cm³/mol. The van der Waals surface area contributed by atoms with E-state index < -0.39 is 16.1 Å². The summed E-state index contributed by atoms with van der Waals surface area (Å²) in [7, 11) is -2.00. The number of hydrogen-bond acceptors (Lipinski definition) is 3. The van der Waals surface area contributed by atoms with Crippen LogP contribution in [0.4, 0.5) is 0 Å². The van der Waals surface area contributed by atoms with Gasteiger partial charge in [0.15, 0.2) is 0 Å². The fraction of sp³-hybridized carbons (Fsp3) is 0.350. The van der Waals surface area contributed by atoms with Gasteiger partial charge < -0.3 is 10.0 Å². The van der Waals surface area contributed by atoms with Crippen LogP contribution >= 0.6 is 0 Å². The SMILES string of the molecule is Cc1ccc(S(=O)(=O)/N=C2/[C@@H]([C@@H](O)c3ccccc3)CCCN2C)cc1. The van der Waals surface area contributed by atoms with Crippen molar-refractivity contribution >= 4 is 15.9 Å². The predicted octanol–water partition coefficient (Wildman–Crippen LogP) is 3.16. The molecular weight excluding hydrogens is 348 g/mol. The van der Waals surface area contributed by atoms with Crippen molar-refractivity contribution in [3.8, 4) is 0 Å². The minimum absolute atomic E-state index is 0.169. The molecular formula is C20H24N2O3S. The Morgan fingerprint density at radius 3 is 2.42 bits per heavy atom. The van der Waals surface area contributed by atoms with Crippen LogP contribution in [-0.4, -0.2) is 37.9 Å². The van der Waals surface area contributed by atoms with Crippen molar-refractivity contribution in [2.75, 3.05) is 13.6 Å². The zero-order chi connectivity index (χ0) is 18.7. The van der Waals surface area contributed by atoms with Crippen LogP contribution in [0.15, 0.2) is 63.9 Å². The third-order valence-corrected chi connectivity index (χ3v) is 6.08. The molecule has 0 unspecified atom stereocenters. The second-order valence-electron chi connectivity index (χ2n) is 6.76. The van der Waals surface area contributed by atoms with E-state index in [-0.39, 0.29) is 10.8 Å². The van der Waals surface area contributed by atoms with Crippen molar-refractivity contribution in [1.82, 2.24) is 4.90 Å². The molecule has 1 fully saturated rings. The molecule has 26 heavy (non-hydrogen) atoms. The highest BCUT2D eigenvalue weighted by molar-refractivity contribution is 7.90. The number of piperidine rings is 1. The van der Waals surface area contributed by atoms with E-state index in [0.717, 1.165) is 24.1 Å². The first kappa shape index (κ1) is 18.6. The molecule has 1 heterocycles. The summed E-state index contributed by atoms with van der Waals surface area (Å²) in [5.41, 5.74) is 1.76. The van der Waals surface area contributed by atoms with Crippen molar-refractivity contribution in [2.24, 2.45) is 10.3 Å². The average Bonchev–Trinajstić information content (AvgIpc) is 2.64. The van der Waals surface area contributed by atoms with Crippen LogP contribution in [0.3, 0.4) is 0 Å². The van der Waals surface area contributed by atoms with E-state index in [2.05, 4.69) is 4.40 Å². The summed E-state index contributed by atoms with van der Waals surface area (Å²) in [5, 5.41) is 10.8. The van der Waals surface area contributed by atoms with Gasteiger partial charge in [-0.2, -0.15) is 8.42 Å². The molecule has 0 saturated carbocycles. The van der Waals surface area contributed by atoms with Gasteiger partial charge in [0.2, 0.25) is 0 Å². The number of aryl methyl sites for hydroxylation is 1. The van der Waals surface area contributed by atoms with Gasteiger partial charge in [-0.1, -0.05) is 48.0 Å². The van der Waals surface area contributed by atoms with E-state index in [1.807, 2.05) is 49.2 Å². The second kappa shape index (κ2) is 7.60. The Bertz CT molecular complexity index is 877. The molecule has 1 aliphatic rings. The minimum atomic E-state index is -3.82. The first-order chi connectivity index (χ1) is 12.4. The lowest BCUT2D eigenvalue weighted by molar-refractivity contribution is 0.120. The molecule has 6 heteroatoms. The third-order valence-electron chi connectivity index (χ3n) is 4.79. The van der Waals surface area contributed by atoms with Gasteiger partial charge in [-0.3, -0.25) is 0 Å². The van der Waals surface area contributed by atoms with Gasteiger partial charge in [0.1, 0.15) is 5.84 Å². The van der Waals surface area contributed by atoms with Crippen LogP contribution in [0.5, 0.6) is 0 Å². The van der Waals surface area contributed by atoms with Gasteiger partial charge in [0.25, 0.3) is 10.0 Å². The Morgan fingerprint density at radius 1 is 1.12 bits per heavy atom. The monoisotopic (exact) mass is 372 g/mol. The third kappa shape index (κ3) is 3.97. The molecule has 1 N–H and O–H groups in total. The number of sulfonamides is 1. The Labute approximate surface area is 155 Å². The number of benzene rings is 2. The van der Waals surface area contributed by atoms with Crippen molar-refractivity contribution in [2.45, 2.75) is 30.8 Å². The van der Waals surface area contributed by atoms with E-state index in [1.165, 1.54) is 0 Å². The molecule has 2 aromatic rings. The number of aliphatic hydroxyl groups excluding tert-OH is 1. The summed E-state index contributed by atoms with van der Waals surface area (Å²) in [6.07, 6.45) is 0.794. The summed E-state index contributed by atoms with van der Waals surface area (Å²) in [4.78, 5) is 2.01. The number of nitrogens with zero attached hydrogens (tertiary/aromatic N) is 2. The lowest BCUT2D eigenvalue weighted by atomic mass is 9.87. The van der Waals surface area contributed by atoms with Crippen LogP contribution in [-0.2, 0) is 10.0 Å². The van der Waals surface area contributed by atoms with E-state index in [0.29, 0.717) is 12.3 Å². The van der Waals surface area contributed by atoms with E-state index in [4.69, 9.17) is 0 Å². The maximum absolute atomic E-state index is 12.8. The standard InChI is InChI=1S/C20H24N2O3S/c1-15-10-12-17(13-11-15)26(24,25)21-20-18(9-6-14-22(20)2)19(23)16-7-4-3-5-8-16/h3-5,7-8,10-13,18-19,23H,6,9,14H2,1-2H3/b21-20-/t18-,19+/m1/s1. The van der Waals surface area contributed by atoms with Crippen LogP contribution in [0.2, 0.25) is 0 Å². The molecule has 138 valence electrons. The average molecular weight is 372 g/mol. The molecule has 0 radical (unpaired) electrons. The Balaban J connectivity index is 1.98.